The van der Waals surface area contributed by atoms with E-state index in [0.29, 0.717) is 21.7 Å². The highest BCUT2D eigenvalue weighted by Crippen LogP contribution is 2.22. The molecule has 0 saturated heterocycles. The first-order valence-electron chi connectivity index (χ1n) is 4.78. The van der Waals surface area contributed by atoms with Gasteiger partial charge in [0, 0.05) is 5.56 Å². The Morgan fingerprint density at radius 1 is 1.41 bits per heavy atom. The minimum Gasteiger partial charge on any atom is -0.481 e. The zero-order valence-corrected chi connectivity index (χ0v) is 10.2. The van der Waals surface area contributed by atoms with Crippen LogP contribution in [0.5, 0.6) is 0 Å². The van der Waals surface area contributed by atoms with Crippen LogP contribution in [0.15, 0.2) is 28.9 Å². The molecule has 17 heavy (non-hydrogen) atoms. The monoisotopic (exact) mass is 298 g/mol. The maximum Gasteiger partial charge on any atom is 0.309 e. The number of carbonyl (C=O) groups is 1. The second-order valence-electron chi connectivity index (χ2n) is 3.43. The van der Waals surface area contributed by atoms with Gasteiger partial charge in [0.2, 0.25) is 0 Å². The molecule has 0 atom stereocenters. The van der Waals surface area contributed by atoms with Crippen LogP contribution in [0.4, 0.5) is 4.39 Å². The van der Waals surface area contributed by atoms with E-state index in [2.05, 4.69) is 25.9 Å². The third-order valence-corrected chi connectivity index (χ3v) is 2.83. The van der Waals surface area contributed by atoms with Crippen LogP contribution in [0.3, 0.4) is 0 Å². The summed E-state index contributed by atoms with van der Waals surface area (Å²) in [4.78, 5) is 17.6. The quantitative estimate of drug-likeness (QED) is 0.915. The predicted octanol–water partition coefficient (Wildman–Crippen LogP) is 2.61. The van der Waals surface area contributed by atoms with E-state index < -0.39 is 5.97 Å². The third-order valence-electron chi connectivity index (χ3n) is 2.17. The number of aromatic nitrogens is 2. The lowest BCUT2D eigenvalue weighted by Gasteiger charge is -1.95. The number of hydrogen-bond donors (Lipinski definition) is 2. The standard InChI is InChI=1S/C11H8BrFN2O2/c12-10-8(5-9(16)17)14-11(15-10)6-1-3-7(13)4-2-6/h1-4H,5H2,(H,14,15)(H,16,17). The summed E-state index contributed by atoms with van der Waals surface area (Å²) < 4.78 is 13.2. The summed E-state index contributed by atoms with van der Waals surface area (Å²) in [6.45, 7) is 0. The lowest BCUT2D eigenvalue weighted by atomic mass is 10.2. The molecule has 6 heteroatoms. The van der Waals surface area contributed by atoms with Gasteiger partial charge in [0.05, 0.1) is 12.1 Å². The van der Waals surface area contributed by atoms with Crippen molar-refractivity contribution < 1.29 is 14.3 Å². The number of halogens is 2. The fourth-order valence-electron chi connectivity index (χ4n) is 1.40. The van der Waals surface area contributed by atoms with Gasteiger partial charge in [-0.05, 0) is 40.2 Å². The van der Waals surface area contributed by atoms with Gasteiger partial charge in [-0.3, -0.25) is 4.79 Å². The zero-order chi connectivity index (χ0) is 12.4. The molecule has 0 fully saturated rings. The van der Waals surface area contributed by atoms with Crippen LogP contribution >= 0.6 is 15.9 Å². The summed E-state index contributed by atoms with van der Waals surface area (Å²) in [5.74, 6) is -0.765. The number of H-pyrrole nitrogens is 1. The Morgan fingerprint density at radius 3 is 2.65 bits per heavy atom. The summed E-state index contributed by atoms with van der Waals surface area (Å²) in [7, 11) is 0. The second-order valence-corrected chi connectivity index (χ2v) is 4.18. The summed E-state index contributed by atoms with van der Waals surface area (Å²) in [6, 6.07) is 5.79. The fourth-order valence-corrected chi connectivity index (χ4v) is 1.82. The molecule has 1 aromatic carbocycles. The van der Waals surface area contributed by atoms with Gasteiger partial charge in [0.15, 0.2) is 0 Å². The van der Waals surface area contributed by atoms with E-state index in [4.69, 9.17) is 5.11 Å². The van der Waals surface area contributed by atoms with E-state index >= 15 is 0 Å². The average Bonchev–Trinajstić information content (AvgIpc) is 2.60. The van der Waals surface area contributed by atoms with Crippen molar-refractivity contribution in [2.75, 3.05) is 0 Å². The smallest absolute Gasteiger partial charge is 0.309 e. The molecular weight excluding hydrogens is 291 g/mol. The van der Waals surface area contributed by atoms with E-state index in [1.54, 1.807) is 12.1 Å². The minimum atomic E-state index is -0.944. The zero-order valence-electron chi connectivity index (χ0n) is 8.58. The van der Waals surface area contributed by atoms with Gasteiger partial charge >= 0.3 is 5.97 Å². The number of benzene rings is 1. The number of carboxylic acids is 1. The Kier molecular flexibility index (Phi) is 3.23. The van der Waals surface area contributed by atoms with Crippen molar-refractivity contribution in [3.05, 3.63) is 40.4 Å². The highest BCUT2D eigenvalue weighted by molar-refractivity contribution is 9.10. The summed E-state index contributed by atoms with van der Waals surface area (Å²) in [5.41, 5.74) is 1.18. The largest absolute Gasteiger partial charge is 0.481 e. The molecule has 1 heterocycles. The first-order chi connectivity index (χ1) is 8.06. The van der Waals surface area contributed by atoms with E-state index in [1.165, 1.54) is 12.1 Å². The molecular formula is C11H8BrFN2O2. The van der Waals surface area contributed by atoms with Crippen LogP contribution in [0, 0.1) is 5.82 Å². The van der Waals surface area contributed by atoms with Crippen LogP contribution < -0.4 is 0 Å². The molecule has 2 rings (SSSR count). The Morgan fingerprint density at radius 2 is 2.06 bits per heavy atom. The molecule has 4 nitrogen and oxygen atoms in total. The van der Waals surface area contributed by atoms with Crippen molar-refractivity contribution in [3.8, 4) is 11.4 Å². The van der Waals surface area contributed by atoms with Crippen molar-refractivity contribution in [1.82, 2.24) is 9.97 Å². The van der Waals surface area contributed by atoms with E-state index in [-0.39, 0.29) is 12.2 Å². The van der Waals surface area contributed by atoms with Crippen LogP contribution in [0.2, 0.25) is 0 Å². The molecule has 1 aromatic heterocycles. The molecule has 2 N–H and O–H groups in total. The molecule has 0 aliphatic heterocycles. The molecule has 0 aliphatic carbocycles. The van der Waals surface area contributed by atoms with E-state index in [9.17, 15) is 9.18 Å². The third kappa shape index (κ3) is 2.71. The molecule has 2 aromatic rings. The number of nitrogens with zero attached hydrogens (tertiary/aromatic N) is 1. The lowest BCUT2D eigenvalue weighted by molar-refractivity contribution is -0.136. The SMILES string of the molecule is O=C(O)Cc1[nH]c(-c2ccc(F)cc2)nc1Br. The highest BCUT2D eigenvalue weighted by Gasteiger charge is 2.12. The number of imidazole rings is 1. The summed E-state index contributed by atoms with van der Waals surface area (Å²) in [5, 5.41) is 8.69. The summed E-state index contributed by atoms with van der Waals surface area (Å²) in [6.07, 6.45) is -0.144. The number of aliphatic carboxylic acids is 1. The molecule has 0 amide bonds. The van der Waals surface area contributed by atoms with Crippen molar-refractivity contribution in [3.63, 3.8) is 0 Å². The highest BCUT2D eigenvalue weighted by atomic mass is 79.9. The van der Waals surface area contributed by atoms with Gasteiger partial charge in [-0.1, -0.05) is 0 Å². The second kappa shape index (κ2) is 4.67. The van der Waals surface area contributed by atoms with E-state index in [0.717, 1.165) is 0 Å². The van der Waals surface area contributed by atoms with E-state index in [1.807, 2.05) is 0 Å². The van der Waals surface area contributed by atoms with Gasteiger partial charge in [0.1, 0.15) is 16.2 Å². The number of hydrogen-bond acceptors (Lipinski definition) is 2. The first-order valence-corrected chi connectivity index (χ1v) is 5.57. The molecule has 88 valence electrons. The number of aromatic amines is 1. The molecule has 0 spiro atoms. The average molecular weight is 299 g/mol. The van der Waals surface area contributed by atoms with Crippen molar-refractivity contribution in [1.29, 1.82) is 0 Å². The Labute approximate surface area is 105 Å². The van der Waals surface area contributed by atoms with Crippen LogP contribution in [-0.2, 0) is 11.2 Å². The lowest BCUT2D eigenvalue weighted by Crippen LogP contribution is -2.00. The number of rotatable bonds is 3. The number of carboxylic acid groups (broad SMARTS) is 1. The van der Waals surface area contributed by atoms with Gasteiger partial charge in [-0.15, -0.1) is 0 Å². The Bertz CT molecular complexity index is 551. The molecule has 0 saturated carbocycles. The molecule has 0 aliphatic rings. The molecule has 0 bridgehead atoms. The maximum absolute atomic E-state index is 12.7. The first kappa shape index (κ1) is 11.8. The summed E-state index contributed by atoms with van der Waals surface area (Å²) >= 11 is 3.18. The number of nitrogens with one attached hydrogen (secondary N) is 1. The van der Waals surface area contributed by atoms with Gasteiger partial charge in [0.25, 0.3) is 0 Å². The maximum atomic E-state index is 12.7. The fraction of sp³-hybridized carbons (Fsp3) is 0.0909. The predicted molar refractivity (Wildman–Crippen MR) is 63.0 cm³/mol. The molecule has 0 unspecified atom stereocenters. The van der Waals surface area contributed by atoms with Crippen LogP contribution in [0.25, 0.3) is 11.4 Å². The minimum absolute atomic E-state index is 0.144. The van der Waals surface area contributed by atoms with Crippen molar-refractivity contribution in [2.24, 2.45) is 0 Å². The normalized spacial score (nSPS) is 10.5. The van der Waals surface area contributed by atoms with Crippen molar-refractivity contribution in [2.45, 2.75) is 6.42 Å². The Hall–Kier alpha value is -1.69. The van der Waals surface area contributed by atoms with Crippen molar-refractivity contribution >= 4 is 21.9 Å². The topological polar surface area (TPSA) is 66.0 Å². The van der Waals surface area contributed by atoms with Gasteiger partial charge in [-0.25, -0.2) is 9.37 Å². The van der Waals surface area contributed by atoms with Gasteiger partial charge < -0.3 is 10.1 Å². The van der Waals surface area contributed by atoms with Gasteiger partial charge in [-0.2, -0.15) is 0 Å². The van der Waals surface area contributed by atoms with Crippen LogP contribution in [-0.4, -0.2) is 21.0 Å². The Balaban J connectivity index is 2.34. The molecule has 0 radical (unpaired) electrons. The van der Waals surface area contributed by atoms with Crippen LogP contribution in [0.1, 0.15) is 5.69 Å².